The fraction of sp³-hybridized carbons (Fsp3) is 0.543. The summed E-state index contributed by atoms with van der Waals surface area (Å²) < 4.78 is 15.4. The van der Waals surface area contributed by atoms with Crippen LogP contribution in [0.5, 0.6) is 11.5 Å². The number of phenolic OH excluding ortho intramolecular Hbond substituents is 2. The number of hydrogen-bond donors (Lipinski definition) is 2. The van der Waals surface area contributed by atoms with Crippen molar-refractivity contribution in [1.82, 2.24) is 9.80 Å². The van der Waals surface area contributed by atoms with Gasteiger partial charge in [-0.05, 0) is 82.0 Å². The van der Waals surface area contributed by atoms with E-state index in [2.05, 4.69) is 13.8 Å². The molecule has 0 saturated heterocycles. The molecule has 0 unspecified atom stereocenters. The first-order valence-corrected chi connectivity index (χ1v) is 15.7. The zero-order valence-corrected chi connectivity index (χ0v) is 28.9. The van der Waals surface area contributed by atoms with Gasteiger partial charge in [-0.15, -0.1) is 0 Å². The third-order valence-electron chi connectivity index (χ3n) is 7.50. The van der Waals surface area contributed by atoms with Gasteiger partial charge in [-0.2, -0.15) is 9.59 Å². The van der Waals surface area contributed by atoms with Gasteiger partial charge in [0, 0.05) is 29.6 Å². The quantitative estimate of drug-likeness (QED) is 0.185. The minimum absolute atomic E-state index is 0.0824. The van der Waals surface area contributed by atoms with Gasteiger partial charge in [-0.3, -0.25) is 24.2 Å². The molecule has 2 aromatic rings. The fourth-order valence-corrected chi connectivity index (χ4v) is 5.18. The molecule has 12 nitrogen and oxygen atoms in total. The van der Waals surface area contributed by atoms with Crippen molar-refractivity contribution in [3.63, 3.8) is 0 Å². The van der Waals surface area contributed by atoms with E-state index < -0.39 is 17.4 Å². The Morgan fingerprint density at radius 2 is 1.02 bits per heavy atom. The minimum atomic E-state index is -0.565. The maximum atomic E-state index is 12.3. The van der Waals surface area contributed by atoms with E-state index in [9.17, 15) is 24.6 Å². The van der Waals surface area contributed by atoms with E-state index in [0.717, 1.165) is 17.5 Å². The van der Waals surface area contributed by atoms with Gasteiger partial charge in [0.2, 0.25) is 0 Å². The predicted molar refractivity (Wildman–Crippen MR) is 174 cm³/mol. The van der Waals surface area contributed by atoms with E-state index in [1.807, 2.05) is 49.9 Å². The highest BCUT2D eigenvalue weighted by Crippen LogP contribution is 2.39. The maximum Gasteiger partial charge on any atom is 0.373 e. The Balaban J connectivity index is 0.00000354. The van der Waals surface area contributed by atoms with Crippen LogP contribution in [-0.4, -0.2) is 90.1 Å². The molecule has 47 heavy (non-hydrogen) atoms. The van der Waals surface area contributed by atoms with Gasteiger partial charge < -0.3 is 24.4 Å². The fourth-order valence-electron chi connectivity index (χ4n) is 5.18. The third-order valence-corrected chi connectivity index (χ3v) is 7.50. The largest absolute Gasteiger partial charge is 0.507 e. The predicted octanol–water partition coefficient (Wildman–Crippen LogP) is 4.16. The minimum Gasteiger partial charge on any atom is -0.507 e. The summed E-state index contributed by atoms with van der Waals surface area (Å²) in [5, 5.41) is 22.0. The Labute approximate surface area is 277 Å². The van der Waals surface area contributed by atoms with Crippen LogP contribution in [0.15, 0.2) is 24.3 Å². The number of phenols is 2. The van der Waals surface area contributed by atoms with Crippen LogP contribution in [0.2, 0.25) is 0 Å². The van der Waals surface area contributed by atoms with Crippen LogP contribution in [-0.2, 0) is 56.7 Å². The summed E-state index contributed by atoms with van der Waals surface area (Å²) >= 11 is 0. The van der Waals surface area contributed by atoms with Gasteiger partial charge in [0.05, 0.1) is 39.5 Å². The molecule has 2 aromatic carbocycles. The number of esters is 3. The summed E-state index contributed by atoms with van der Waals surface area (Å²) in [4.78, 5) is 56.7. The van der Waals surface area contributed by atoms with Crippen molar-refractivity contribution in [2.75, 3.05) is 46.0 Å². The second kappa shape index (κ2) is 20.1. The lowest BCUT2D eigenvalue weighted by molar-refractivity contribution is -0.191. The summed E-state index contributed by atoms with van der Waals surface area (Å²) in [6, 6.07) is 7.72. The number of aryl methyl sites for hydroxylation is 2. The molecule has 260 valence electrons. The normalized spacial score (nSPS) is 11.0. The highest BCUT2D eigenvalue weighted by atomic mass is 16.5. The highest BCUT2D eigenvalue weighted by Gasteiger charge is 2.28. The summed E-state index contributed by atoms with van der Waals surface area (Å²) in [5.41, 5.74) is 3.91. The van der Waals surface area contributed by atoms with E-state index in [-0.39, 0.29) is 63.0 Å². The lowest BCUT2D eigenvalue weighted by atomic mass is 9.76. The van der Waals surface area contributed by atoms with E-state index in [4.69, 9.17) is 23.8 Å². The Hall–Kier alpha value is -4.25. The average Bonchev–Trinajstić information content (AvgIpc) is 2.98. The van der Waals surface area contributed by atoms with E-state index in [0.29, 0.717) is 42.0 Å². The van der Waals surface area contributed by atoms with Crippen molar-refractivity contribution in [1.29, 1.82) is 0 Å². The van der Waals surface area contributed by atoms with Crippen LogP contribution in [0.4, 0.5) is 0 Å². The monoisotopic (exact) mass is 658 g/mol. The average molecular weight is 659 g/mol. The number of carbonyl (C=O) groups excluding carboxylic acids is 5. The second-order valence-corrected chi connectivity index (χ2v) is 11.6. The molecule has 0 heterocycles. The van der Waals surface area contributed by atoms with E-state index in [1.165, 1.54) is 0 Å². The Morgan fingerprint density at radius 3 is 1.36 bits per heavy atom. The first-order valence-electron chi connectivity index (χ1n) is 15.7. The molecule has 0 spiro atoms. The summed E-state index contributed by atoms with van der Waals surface area (Å²) in [5.74, 6) is -0.987. The zero-order chi connectivity index (χ0) is 35.7. The Bertz CT molecular complexity index is 1360. The smallest absolute Gasteiger partial charge is 0.373 e. The molecule has 2 N–H and O–H groups in total. The van der Waals surface area contributed by atoms with Crippen LogP contribution in [0.1, 0.15) is 81.3 Å². The second-order valence-electron chi connectivity index (χ2n) is 11.6. The molecule has 2 rings (SSSR count). The third kappa shape index (κ3) is 12.8. The van der Waals surface area contributed by atoms with Crippen molar-refractivity contribution < 1.29 is 48.4 Å². The van der Waals surface area contributed by atoms with Crippen LogP contribution >= 0.6 is 0 Å². The number of carbonyl (C=O) groups is 3. The first-order chi connectivity index (χ1) is 22.2. The molecular formula is C35H50N2O10. The molecule has 0 amide bonds. The van der Waals surface area contributed by atoms with Gasteiger partial charge in [0.15, 0.2) is 0 Å². The number of hydrogen-bond acceptors (Lipinski definition) is 12. The first kappa shape index (κ1) is 40.8. The molecule has 0 fully saturated rings. The number of rotatable bonds is 17. The van der Waals surface area contributed by atoms with E-state index >= 15 is 0 Å². The number of nitrogens with zero attached hydrogens (tertiary/aromatic N) is 2. The molecule has 0 atom stereocenters. The highest BCUT2D eigenvalue weighted by molar-refractivity contribution is 5.75. The molecule has 0 radical (unpaired) electrons. The van der Waals surface area contributed by atoms with Crippen molar-refractivity contribution in [3.05, 3.63) is 57.6 Å². The number of aromatic hydroxyl groups is 2. The number of ether oxygens (including phenoxy) is 3. The standard InChI is InChI=1S/C34H50N2O8.CO2/c1-9-13-35(20-29(37)42-10-2)18-25-16-27(14-23(5)32(25)40)34(7,8)28-15-24(6)33(41)26(17-28)19-36(21-30(38)43-11-3)22-31(39)44-12-4;2-1-3/h14-17,40-41H,9-13,18-22H2,1-8H3;. The molecule has 12 heteroatoms. The van der Waals surface area contributed by atoms with Crippen LogP contribution in [0, 0.1) is 13.8 Å². The summed E-state index contributed by atoms with van der Waals surface area (Å²) in [6.45, 7) is 16.8. The Kier molecular flexibility index (Phi) is 17.4. The van der Waals surface area contributed by atoms with Gasteiger partial charge >= 0.3 is 24.1 Å². The topological polar surface area (TPSA) is 160 Å². The van der Waals surface area contributed by atoms with Crippen molar-refractivity contribution in [2.24, 2.45) is 0 Å². The molecule has 0 aromatic heterocycles. The summed E-state index contributed by atoms with van der Waals surface area (Å²) in [6.07, 6.45) is 1.09. The van der Waals surface area contributed by atoms with Crippen LogP contribution in [0.25, 0.3) is 0 Å². The van der Waals surface area contributed by atoms with Gasteiger partial charge in [-0.1, -0.05) is 32.9 Å². The maximum absolute atomic E-state index is 12.3. The van der Waals surface area contributed by atoms with Crippen LogP contribution in [0.3, 0.4) is 0 Å². The summed E-state index contributed by atoms with van der Waals surface area (Å²) in [7, 11) is 0. The van der Waals surface area contributed by atoms with Gasteiger partial charge in [-0.25, -0.2) is 0 Å². The molecule has 0 saturated carbocycles. The van der Waals surface area contributed by atoms with Crippen molar-refractivity contribution in [2.45, 2.75) is 80.3 Å². The van der Waals surface area contributed by atoms with Gasteiger partial charge in [0.25, 0.3) is 0 Å². The SMILES string of the molecule is CCCN(CC(=O)OCC)Cc1cc(C(C)(C)c2cc(C)c(O)c(CN(CC(=O)OCC)CC(=O)OCC)c2)cc(C)c1O.O=C=O. The molecule has 0 bridgehead atoms. The van der Waals surface area contributed by atoms with Crippen molar-refractivity contribution >= 4 is 24.1 Å². The number of benzene rings is 2. The molecule has 0 aliphatic heterocycles. The lowest BCUT2D eigenvalue weighted by Gasteiger charge is -2.30. The molecular weight excluding hydrogens is 608 g/mol. The zero-order valence-electron chi connectivity index (χ0n) is 28.9. The Morgan fingerprint density at radius 1 is 0.681 bits per heavy atom. The molecule has 0 aliphatic rings. The lowest BCUT2D eigenvalue weighted by Crippen LogP contribution is -2.36. The van der Waals surface area contributed by atoms with Crippen LogP contribution < -0.4 is 0 Å². The molecule has 0 aliphatic carbocycles. The van der Waals surface area contributed by atoms with E-state index in [1.54, 1.807) is 25.7 Å². The van der Waals surface area contributed by atoms with Crippen molar-refractivity contribution in [3.8, 4) is 11.5 Å². The van der Waals surface area contributed by atoms with Gasteiger partial charge in [0.1, 0.15) is 11.5 Å².